The predicted molar refractivity (Wildman–Crippen MR) is 77.0 cm³/mol. The average Bonchev–Trinajstić information content (AvgIpc) is 2.86. The van der Waals surface area contributed by atoms with E-state index >= 15 is 0 Å². The summed E-state index contributed by atoms with van der Waals surface area (Å²) in [7, 11) is 2.94. The number of aromatic nitrogens is 2. The van der Waals surface area contributed by atoms with Crippen LogP contribution in [-0.2, 0) is 11.3 Å². The monoisotopic (exact) mass is 322 g/mol. The van der Waals surface area contributed by atoms with Gasteiger partial charge in [0.15, 0.2) is 17.3 Å². The molecule has 0 spiro atoms. The van der Waals surface area contributed by atoms with Gasteiger partial charge in [0.2, 0.25) is 5.91 Å². The molecule has 0 atom stereocenters. The number of urea groups is 1. The smallest absolute Gasteiger partial charge is 0.442 e. The number of hydrogen-bond acceptors (Lipinski definition) is 7. The van der Waals surface area contributed by atoms with E-state index < -0.39 is 24.2 Å². The second-order valence-corrected chi connectivity index (χ2v) is 4.34. The SMILES string of the molecule is COc1ccc(-c2noc(=O)n2CC(=O)NC(N)=O)cc1OC. The molecule has 0 aliphatic carbocycles. The van der Waals surface area contributed by atoms with Crippen molar-refractivity contribution in [2.24, 2.45) is 5.73 Å². The number of primary amides is 1. The zero-order valence-corrected chi connectivity index (χ0v) is 12.4. The maximum absolute atomic E-state index is 11.7. The molecule has 0 saturated heterocycles. The summed E-state index contributed by atoms with van der Waals surface area (Å²) in [6, 6.07) is 3.77. The van der Waals surface area contributed by atoms with Crippen molar-refractivity contribution < 1.29 is 23.6 Å². The van der Waals surface area contributed by atoms with E-state index in [1.165, 1.54) is 14.2 Å². The van der Waals surface area contributed by atoms with Crippen LogP contribution in [0.4, 0.5) is 4.79 Å². The fraction of sp³-hybridized carbons (Fsp3) is 0.231. The zero-order chi connectivity index (χ0) is 17.0. The van der Waals surface area contributed by atoms with E-state index in [-0.39, 0.29) is 5.82 Å². The summed E-state index contributed by atoms with van der Waals surface area (Å²) < 4.78 is 15.8. The Hall–Kier alpha value is -3.30. The molecule has 2 aromatic rings. The largest absolute Gasteiger partial charge is 0.493 e. The number of benzene rings is 1. The molecule has 0 bridgehead atoms. The number of ether oxygens (including phenoxy) is 2. The minimum Gasteiger partial charge on any atom is -0.493 e. The topological polar surface area (TPSA) is 139 Å². The van der Waals surface area contributed by atoms with Gasteiger partial charge in [-0.25, -0.2) is 14.2 Å². The van der Waals surface area contributed by atoms with Gasteiger partial charge in [-0.05, 0) is 18.2 Å². The van der Waals surface area contributed by atoms with Crippen molar-refractivity contribution in [3.05, 3.63) is 28.7 Å². The second-order valence-electron chi connectivity index (χ2n) is 4.34. The van der Waals surface area contributed by atoms with E-state index in [0.29, 0.717) is 17.1 Å². The lowest BCUT2D eigenvalue weighted by Crippen LogP contribution is -2.38. The molecule has 3 amide bonds. The van der Waals surface area contributed by atoms with Crippen LogP contribution in [-0.4, -0.2) is 35.9 Å². The number of carbonyl (C=O) groups is 2. The summed E-state index contributed by atoms with van der Waals surface area (Å²) in [6.45, 7) is -0.477. The Kier molecular flexibility index (Phi) is 4.64. The van der Waals surface area contributed by atoms with Crippen LogP contribution in [0.1, 0.15) is 0 Å². The minimum absolute atomic E-state index is 0.0931. The molecule has 0 unspecified atom stereocenters. The maximum atomic E-state index is 11.7. The van der Waals surface area contributed by atoms with Gasteiger partial charge in [0.05, 0.1) is 14.2 Å². The molecule has 3 N–H and O–H groups in total. The molecule has 0 fully saturated rings. The Morgan fingerprint density at radius 3 is 2.61 bits per heavy atom. The molecule has 0 radical (unpaired) electrons. The summed E-state index contributed by atoms with van der Waals surface area (Å²) in [5, 5.41) is 5.49. The summed E-state index contributed by atoms with van der Waals surface area (Å²) in [5.41, 5.74) is 5.31. The fourth-order valence-electron chi connectivity index (χ4n) is 1.91. The van der Waals surface area contributed by atoms with Gasteiger partial charge < -0.3 is 15.2 Å². The third kappa shape index (κ3) is 3.48. The van der Waals surface area contributed by atoms with Crippen LogP contribution in [0.25, 0.3) is 11.4 Å². The third-order valence-corrected chi connectivity index (χ3v) is 2.89. The van der Waals surface area contributed by atoms with Gasteiger partial charge >= 0.3 is 11.8 Å². The number of methoxy groups -OCH3 is 2. The van der Waals surface area contributed by atoms with Crippen molar-refractivity contribution in [3.63, 3.8) is 0 Å². The van der Waals surface area contributed by atoms with Crippen LogP contribution in [0.3, 0.4) is 0 Å². The van der Waals surface area contributed by atoms with Gasteiger partial charge in [0, 0.05) is 5.56 Å². The second kappa shape index (κ2) is 6.64. The van der Waals surface area contributed by atoms with Crippen LogP contribution in [0.2, 0.25) is 0 Å². The van der Waals surface area contributed by atoms with Crippen molar-refractivity contribution >= 4 is 11.9 Å². The number of rotatable bonds is 5. The molecule has 0 aliphatic heterocycles. The maximum Gasteiger partial charge on any atom is 0.442 e. The van der Waals surface area contributed by atoms with Gasteiger partial charge in [-0.1, -0.05) is 5.16 Å². The highest BCUT2D eigenvalue weighted by Gasteiger charge is 2.18. The predicted octanol–water partition coefficient (Wildman–Crippen LogP) is -0.285. The van der Waals surface area contributed by atoms with Gasteiger partial charge in [-0.2, -0.15) is 0 Å². The molecule has 23 heavy (non-hydrogen) atoms. The van der Waals surface area contributed by atoms with Crippen LogP contribution >= 0.6 is 0 Å². The zero-order valence-electron chi connectivity index (χ0n) is 12.4. The summed E-state index contributed by atoms with van der Waals surface area (Å²) in [5.74, 6) is -0.636. The van der Waals surface area contributed by atoms with E-state index in [1.807, 2.05) is 5.32 Å². The van der Waals surface area contributed by atoms with E-state index in [1.54, 1.807) is 18.2 Å². The standard InChI is InChI=1S/C13H14N4O6/c1-21-8-4-3-7(5-9(8)22-2)11-16-23-13(20)17(11)6-10(18)15-12(14)19/h3-5H,6H2,1-2H3,(H3,14,15,18,19). The van der Waals surface area contributed by atoms with Gasteiger partial charge in [-0.3, -0.25) is 14.6 Å². The molecule has 122 valence electrons. The Morgan fingerprint density at radius 1 is 1.30 bits per heavy atom. The first-order chi connectivity index (χ1) is 11.0. The quantitative estimate of drug-likeness (QED) is 0.771. The molecule has 1 aromatic heterocycles. The lowest BCUT2D eigenvalue weighted by atomic mass is 10.2. The van der Waals surface area contributed by atoms with E-state index in [4.69, 9.17) is 15.2 Å². The normalized spacial score (nSPS) is 10.2. The third-order valence-electron chi connectivity index (χ3n) is 2.89. The Balaban J connectivity index is 2.39. The number of nitrogens with one attached hydrogen (secondary N) is 1. The highest BCUT2D eigenvalue weighted by atomic mass is 16.5. The number of carbonyl (C=O) groups excluding carboxylic acids is 2. The van der Waals surface area contributed by atoms with Crippen LogP contribution in [0.15, 0.2) is 27.5 Å². The van der Waals surface area contributed by atoms with Crippen molar-refractivity contribution in [2.75, 3.05) is 14.2 Å². The highest BCUT2D eigenvalue weighted by Crippen LogP contribution is 2.31. The number of amides is 3. The van der Waals surface area contributed by atoms with Gasteiger partial charge in [0.1, 0.15) is 6.54 Å². The highest BCUT2D eigenvalue weighted by molar-refractivity contribution is 5.93. The van der Waals surface area contributed by atoms with E-state index in [0.717, 1.165) is 4.57 Å². The Morgan fingerprint density at radius 2 is 2.00 bits per heavy atom. The number of nitrogens with two attached hydrogens (primary N) is 1. The molecule has 10 nitrogen and oxygen atoms in total. The fourth-order valence-corrected chi connectivity index (χ4v) is 1.91. The van der Waals surface area contributed by atoms with Crippen LogP contribution in [0.5, 0.6) is 11.5 Å². The van der Waals surface area contributed by atoms with E-state index in [9.17, 15) is 14.4 Å². The first kappa shape index (κ1) is 16.1. The number of hydrogen-bond donors (Lipinski definition) is 2. The Labute approximate surface area is 129 Å². The van der Waals surface area contributed by atoms with Crippen molar-refractivity contribution in [1.29, 1.82) is 0 Å². The molecule has 10 heteroatoms. The lowest BCUT2D eigenvalue weighted by molar-refractivity contribution is -0.120. The van der Waals surface area contributed by atoms with Crippen LogP contribution < -0.4 is 26.3 Å². The molecule has 1 heterocycles. The average molecular weight is 322 g/mol. The first-order valence-corrected chi connectivity index (χ1v) is 6.34. The van der Waals surface area contributed by atoms with Crippen molar-refractivity contribution in [2.45, 2.75) is 6.54 Å². The Bertz CT molecular complexity index is 794. The van der Waals surface area contributed by atoms with Gasteiger partial charge in [0.25, 0.3) is 0 Å². The number of nitrogens with zero attached hydrogens (tertiary/aromatic N) is 2. The van der Waals surface area contributed by atoms with Gasteiger partial charge in [-0.15, -0.1) is 0 Å². The van der Waals surface area contributed by atoms with Crippen molar-refractivity contribution in [1.82, 2.24) is 15.0 Å². The summed E-state index contributed by atoms with van der Waals surface area (Å²) >= 11 is 0. The molecule has 0 saturated carbocycles. The lowest BCUT2D eigenvalue weighted by Gasteiger charge is -2.09. The van der Waals surface area contributed by atoms with E-state index in [2.05, 4.69) is 9.68 Å². The summed E-state index contributed by atoms with van der Waals surface area (Å²) in [4.78, 5) is 34.0. The minimum atomic E-state index is -1.02. The summed E-state index contributed by atoms with van der Waals surface area (Å²) in [6.07, 6.45) is 0. The molecule has 1 aromatic carbocycles. The molecule has 0 aliphatic rings. The molecular formula is C13H14N4O6. The molecule has 2 rings (SSSR count). The molecular weight excluding hydrogens is 308 g/mol. The van der Waals surface area contributed by atoms with Crippen molar-refractivity contribution in [3.8, 4) is 22.9 Å². The van der Waals surface area contributed by atoms with Crippen LogP contribution in [0, 0.1) is 0 Å². The first-order valence-electron chi connectivity index (χ1n) is 6.34. The number of imide groups is 1.